The van der Waals surface area contributed by atoms with Gasteiger partial charge in [-0.2, -0.15) is 11.8 Å². The van der Waals surface area contributed by atoms with Crippen molar-refractivity contribution in [1.29, 1.82) is 0 Å². The molecule has 0 bridgehead atoms. The Labute approximate surface area is 88.2 Å². The second-order valence-electron chi connectivity index (χ2n) is 3.85. The Morgan fingerprint density at radius 3 is 2.23 bits per heavy atom. The molecule has 0 atom stereocenters. The minimum Gasteiger partial charge on any atom is -0.162 e. The van der Waals surface area contributed by atoms with Crippen LogP contribution in [-0.4, -0.2) is 11.5 Å². The van der Waals surface area contributed by atoms with Crippen LogP contribution in [0.15, 0.2) is 11.1 Å². The highest BCUT2D eigenvalue weighted by molar-refractivity contribution is 7.99. The Kier molecular flexibility index (Phi) is 8.74. The largest absolute Gasteiger partial charge is 0.162 e. The van der Waals surface area contributed by atoms with Crippen LogP contribution in [0.4, 0.5) is 0 Å². The molecule has 0 amide bonds. The maximum Gasteiger partial charge on any atom is -0.00674 e. The van der Waals surface area contributed by atoms with Gasteiger partial charge in [-0.25, -0.2) is 0 Å². The van der Waals surface area contributed by atoms with E-state index >= 15 is 0 Å². The van der Waals surface area contributed by atoms with Crippen molar-refractivity contribution in [2.24, 2.45) is 0 Å². The summed E-state index contributed by atoms with van der Waals surface area (Å²) < 4.78 is 0. The minimum absolute atomic E-state index is 1.30. The van der Waals surface area contributed by atoms with Gasteiger partial charge in [0.15, 0.2) is 0 Å². The van der Waals surface area contributed by atoms with E-state index in [4.69, 9.17) is 0 Å². The molecule has 1 heteroatoms. The van der Waals surface area contributed by atoms with Crippen molar-refractivity contribution in [1.82, 2.24) is 0 Å². The van der Waals surface area contributed by atoms with Crippen LogP contribution in [0.25, 0.3) is 0 Å². The lowest BCUT2D eigenvalue weighted by molar-refractivity contribution is 0.787. The lowest BCUT2D eigenvalue weighted by Gasteiger charge is -2.03. The van der Waals surface area contributed by atoms with Gasteiger partial charge in [0.05, 0.1) is 0 Å². The fraction of sp³-hybridized carbons (Fsp3) is 0.833. The number of hydrogen-bond donors (Lipinski definition) is 0. The summed E-state index contributed by atoms with van der Waals surface area (Å²) in [7, 11) is 0. The zero-order chi connectivity index (χ0) is 10.1. The van der Waals surface area contributed by atoms with Gasteiger partial charge in [-0.3, -0.25) is 0 Å². The molecule has 0 radical (unpaired) electrons. The molecular weight excluding hydrogens is 176 g/mol. The van der Waals surface area contributed by atoms with Gasteiger partial charge in [-0.1, -0.05) is 18.1 Å². The molecule has 0 saturated carbocycles. The fourth-order valence-corrected chi connectivity index (χ4v) is 1.99. The molecular formula is C12H24S. The monoisotopic (exact) mass is 200 g/mol. The fourth-order valence-electron chi connectivity index (χ4n) is 1.09. The molecule has 0 aliphatic heterocycles. The summed E-state index contributed by atoms with van der Waals surface area (Å²) in [6, 6.07) is 0. The Balaban J connectivity index is 3.22. The van der Waals surface area contributed by atoms with Gasteiger partial charge < -0.3 is 0 Å². The predicted molar refractivity (Wildman–Crippen MR) is 65.5 cm³/mol. The van der Waals surface area contributed by atoms with E-state index in [1.54, 1.807) is 5.57 Å². The minimum atomic E-state index is 1.30. The van der Waals surface area contributed by atoms with Gasteiger partial charge in [0, 0.05) is 0 Å². The molecule has 0 rings (SSSR count). The Bertz CT molecular complexity index is 143. The molecule has 0 heterocycles. The van der Waals surface area contributed by atoms with E-state index in [-0.39, 0.29) is 0 Å². The van der Waals surface area contributed by atoms with E-state index in [9.17, 15) is 0 Å². The van der Waals surface area contributed by atoms with Crippen LogP contribution in [0, 0.1) is 0 Å². The van der Waals surface area contributed by atoms with Crippen molar-refractivity contribution < 1.29 is 0 Å². The molecule has 0 N–H and O–H groups in total. The Morgan fingerprint density at radius 1 is 1.00 bits per heavy atom. The molecule has 0 aromatic heterocycles. The van der Waals surface area contributed by atoms with Crippen molar-refractivity contribution >= 4 is 11.8 Å². The normalized spacial score (nSPS) is 10.2. The molecule has 0 unspecified atom stereocenters. The van der Waals surface area contributed by atoms with Gasteiger partial charge in [-0.15, -0.1) is 0 Å². The third-order valence-electron chi connectivity index (χ3n) is 2.29. The zero-order valence-electron chi connectivity index (χ0n) is 9.65. The first-order valence-electron chi connectivity index (χ1n) is 5.39. The van der Waals surface area contributed by atoms with Crippen molar-refractivity contribution in [3.63, 3.8) is 0 Å². The van der Waals surface area contributed by atoms with Crippen LogP contribution in [0.5, 0.6) is 0 Å². The SMILES string of the molecule is CCCSCCCCC(C)=C(C)C. The summed E-state index contributed by atoms with van der Waals surface area (Å²) in [6.07, 6.45) is 5.37. The highest BCUT2D eigenvalue weighted by atomic mass is 32.2. The number of thioether (sulfide) groups is 1. The van der Waals surface area contributed by atoms with Crippen molar-refractivity contribution in [3.8, 4) is 0 Å². The van der Waals surface area contributed by atoms with Crippen LogP contribution in [-0.2, 0) is 0 Å². The average molecular weight is 200 g/mol. The first-order chi connectivity index (χ1) is 6.18. The molecule has 0 nitrogen and oxygen atoms in total. The van der Waals surface area contributed by atoms with E-state index in [2.05, 4.69) is 39.5 Å². The van der Waals surface area contributed by atoms with Crippen LogP contribution in [0.1, 0.15) is 53.4 Å². The summed E-state index contributed by atoms with van der Waals surface area (Å²) in [5.74, 6) is 2.69. The van der Waals surface area contributed by atoms with Gasteiger partial charge in [0.25, 0.3) is 0 Å². The second kappa shape index (κ2) is 8.68. The maximum atomic E-state index is 2.26. The Hall–Kier alpha value is 0.0900. The number of rotatable bonds is 7. The van der Waals surface area contributed by atoms with E-state index < -0.39 is 0 Å². The topological polar surface area (TPSA) is 0 Å². The summed E-state index contributed by atoms with van der Waals surface area (Å²) in [6.45, 7) is 8.93. The maximum absolute atomic E-state index is 2.26. The van der Waals surface area contributed by atoms with Gasteiger partial charge >= 0.3 is 0 Å². The van der Waals surface area contributed by atoms with Crippen molar-refractivity contribution in [3.05, 3.63) is 11.1 Å². The molecule has 0 aromatic carbocycles. The van der Waals surface area contributed by atoms with E-state index in [0.717, 1.165) is 0 Å². The quantitative estimate of drug-likeness (QED) is 0.425. The number of unbranched alkanes of at least 4 members (excludes halogenated alkanes) is 1. The molecule has 78 valence electrons. The smallest absolute Gasteiger partial charge is 0.00674 e. The molecule has 13 heavy (non-hydrogen) atoms. The molecule has 0 spiro atoms. The molecule has 0 saturated heterocycles. The van der Waals surface area contributed by atoms with E-state index in [1.165, 1.54) is 42.8 Å². The first kappa shape index (κ1) is 13.1. The van der Waals surface area contributed by atoms with E-state index in [1.807, 2.05) is 0 Å². The summed E-state index contributed by atoms with van der Waals surface area (Å²) in [4.78, 5) is 0. The highest BCUT2D eigenvalue weighted by Gasteiger charge is 1.93. The van der Waals surface area contributed by atoms with Gasteiger partial charge in [0.2, 0.25) is 0 Å². The predicted octanol–water partition coefficient (Wildman–Crippen LogP) is 4.66. The number of hydrogen-bond acceptors (Lipinski definition) is 1. The van der Waals surface area contributed by atoms with Crippen molar-refractivity contribution in [2.75, 3.05) is 11.5 Å². The first-order valence-corrected chi connectivity index (χ1v) is 6.54. The highest BCUT2D eigenvalue weighted by Crippen LogP contribution is 2.13. The van der Waals surface area contributed by atoms with Gasteiger partial charge in [-0.05, 0) is 58.0 Å². The summed E-state index contributed by atoms with van der Waals surface area (Å²) >= 11 is 2.10. The molecule has 0 aliphatic carbocycles. The van der Waals surface area contributed by atoms with E-state index in [0.29, 0.717) is 0 Å². The Morgan fingerprint density at radius 2 is 1.69 bits per heavy atom. The van der Waals surface area contributed by atoms with Crippen LogP contribution in [0.2, 0.25) is 0 Å². The van der Waals surface area contributed by atoms with Crippen LogP contribution in [0.3, 0.4) is 0 Å². The lowest BCUT2D eigenvalue weighted by atomic mass is 10.1. The number of allylic oxidation sites excluding steroid dienone is 2. The average Bonchev–Trinajstić information content (AvgIpc) is 2.10. The second-order valence-corrected chi connectivity index (χ2v) is 5.07. The van der Waals surface area contributed by atoms with Gasteiger partial charge in [0.1, 0.15) is 0 Å². The summed E-state index contributed by atoms with van der Waals surface area (Å²) in [5.41, 5.74) is 3.08. The third kappa shape index (κ3) is 8.42. The lowest BCUT2D eigenvalue weighted by Crippen LogP contribution is -1.86. The van der Waals surface area contributed by atoms with Crippen LogP contribution >= 0.6 is 11.8 Å². The van der Waals surface area contributed by atoms with Crippen molar-refractivity contribution in [2.45, 2.75) is 53.4 Å². The third-order valence-corrected chi connectivity index (χ3v) is 3.57. The molecule has 0 aliphatic rings. The summed E-state index contributed by atoms with van der Waals surface area (Å²) in [5, 5.41) is 0. The standard InChI is InChI=1S/C12H24S/c1-5-9-13-10-7-6-8-12(4)11(2)3/h5-10H2,1-4H3. The van der Waals surface area contributed by atoms with Crippen LogP contribution < -0.4 is 0 Å². The zero-order valence-corrected chi connectivity index (χ0v) is 10.5. The molecule has 0 fully saturated rings. The molecule has 0 aromatic rings.